The molecule has 1 nitrogen and oxygen atoms in total. The van der Waals surface area contributed by atoms with Crippen LogP contribution in [-0.4, -0.2) is 7.11 Å². The minimum absolute atomic E-state index is 0.246. The zero-order chi connectivity index (χ0) is 12.3. The van der Waals surface area contributed by atoms with E-state index in [9.17, 15) is 8.78 Å². The van der Waals surface area contributed by atoms with E-state index in [1.54, 1.807) is 24.3 Å². The third kappa shape index (κ3) is 2.68. The number of rotatable bonds is 3. The molecule has 0 amide bonds. The number of benzene rings is 2. The molecule has 2 aromatic carbocycles. The molecule has 0 N–H and O–H groups in total. The van der Waals surface area contributed by atoms with Crippen LogP contribution in [0.3, 0.4) is 0 Å². The fourth-order valence-corrected chi connectivity index (χ4v) is 1.64. The number of halogens is 2. The second-order valence-electron chi connectivity index (χ2n) is 3.75. The maximum atomic E-state index is 13.6. The van der Waals surface area contributed by atoms with E-state index in [-0.39, 0.29) is 18.2 Å². The van der Waals surface area contributed by atoms with Gasteiger partial charge in [0.05, 0.1) is 6.61 Å². The molecule has 0 aliphatic rings. The lowest BCUT2D eigenvalue weighted by atomic mass is 10.0. The molecular formula is C14H12F2O. The molecule has 3 heteroatoms. The Labute approximate surface area is 98.7 Å². The third-order valence-corrected chi connectivity index (χ3v) is 2.53. The van der Waals surface area contributed by atoms with Crippen molar-refractivity contribution in [3.63, 3.8) is 0 Å². The minimum atomic E-state index is -0.311. The van der Waals surface area contributed by atoms with Gasteiger partial charge in [0.25, 0.3) is 0 Å². The monoisotopic (exact) mass is 234 g/mol. The summed E-state index contributed by atoms with van der Waals surface area (Å²) in [4.78, 5) is 0. The molecule has 2 rings (SSSR count). The molecule has 0 saturated carbocycles. The van der Waals surface area contributed by atoms with Crippen molar-refractivity contribution in [2.75, 3.05) is 7.11 Å². The van der Waals surface area contributed by atoms with Crippen molar-refractivity contribution in [1.82, 2.24) is 0 Å². The van der Waals surface area contributed by atoms with Crippen LogP contribution in [0.1, 0.15) is 5.56 Å². The molecule has 0 heterocycles. The van der Waals surface area contributed by atoms with Gasteiger partial charge in [-0.25, -0.2) is 8.78 Å². The maximum Gasteiger partial charge on any atom is 0.129 e. The van der Waals surface area contributed by atoms with E-state index < -0.39 is 0 Å². The summed E-state index contributed by atoms with van der Waals surface area (Å²) in [6.07, 6.45) is 0. The van der Waals surface area contributed by atoms with Crippen molar-refractivity contribution < 1.29 is 13.5 Å². The molecule has 0 fully saturated rings. The topological polar surface area (TPSA) is 9.23 Å². The second-order valence-corrected chi connectivity index (χ2v) is 3.75. The molecule has 0 unspecified atom stereocenters. The summed E-state index contributed by atoms with van der Waals surface area (Å²) in [6, 6.07) is 10.9. The van der Waals surface area contributed by atoms with Gasteiger partial charge in [-0.05, 0) is 29.3 Å². The molecule has 0 atom stereocenters. The first-order chi connectivity index (χ1) is 8.20. The molecule has 0 aromatic heterocycles. The van der Waals surface area contributed by atoms with Gasteiger partial charge in [-0.1, -0.05) is 24.3 Å². The van der Waals surface area contributed by atoms with Crippen LogP contribution < -0.4 is 0 Å². The van der Waals surface area contributed by atoms with Crippen molar-refractivity contribution in [2.24, 2.45) is 0 Å². The highest BCUT2D eigenvalue weighted by Crippen LogP contribution is 2.22. The van der Waals surface area contributed by atoms with Gasteiger partial charge in [0.1, 0.15) is 11.6 Å². The van der Waals surface area contributed by atoms with Gasteiger partial charge in [0.2, 0.25) is 0 Å². The van der Waals surface area contributed by atoms with Crippen LogP contribution >= 0.6 is 0 Å². The summed E-state index contributed by atoms with van der Waals surface area (Å²) >= 11 is 0. The highest BCUT2D eigenvalue weighted by Gasteiger charge is 2.05. The van der Waals surface area contributed by atoms with Gasteiger partial charge in [-0.2, -0.15) is 0 Å². The van der Waals surface area contributed by atoms with E-state index in [1.807, 2.05) is 0 Å². The van der Waals surface area contributed by atoms with Crippen LogP contribution in [0, 0.1) is 11.6 Å². The van der Waals surface area contributed by atoms with E-state index in [4.69, 9.17) is 4.74 Å². The van der Waals surface area contributed by atoms with Crippen LogP contribution in [-0.2, 0) is 11.3 Å². The number of ether oxygens (including phenoxy) is 1. The normalized spacial score (nSPS) is 10.5. The zero-order valence-electron chi connectivity index (χ0n) is 9.41. The molecule has 2 aromatic rings. The van der Waals surface area contributed by atoms with E-state index >= 15 is 0 Å². The molecule has 0 aliphatic heterocycles. The average Bonchev–Trinajstić information content (AvgIpc) is 2.33. The van der Waals surface area contributed by atoms with Gasteiger partial charge in [-0.3, -0.25) is 0 Å². The number of hydrogen-bond donors (Lipinski definition) is 0. The first-order valence-electron chi connectivity index (χ1n) is 5.24. The molecule has 17 heavy (non-hydrogen) atoms. The number of hydrogen-bond acceptors (Lipinski definition) is 1. The Morgan fingerprint density at radius 1 is 0.941 bits per heavy atom. The fourth-order valence-electron chi connectivity index (χ4n) is 1.64. The first kappa shape index (κ1) is 11.7. The van der Waals surface area contributed by atoms with Crippen molar-refractivity contribution in [3.8, 4) is 11.1 Å². The average molecular weight is 234 g/mol. The molecular weight excluding hydrogens is 222 g/mol. The van der Waals surface area contributed by atoms with Crippen molar-refractivity contribution in [1.29, 1.82) is 0 Å². The highest BCUT2D eigenvalue weighted by molar-refractivity contribution is 5.63. The first-order valence-corrected chi connectivity index (χ1v) is 5.24. The predicted octanol–water partition coefficient (Wildman–Crippen LogP) is 3.78. The minimum Gasteiger partial charge on any atom is -0.380 e. The Bertz CT molecular complexity index is 506. The summed E-state index contributed by atoms with van der Waals surface area (Å²) in [5.41, 5.74) is 2.02. The Morgan fingerprint density at radius 3 is 2.18 bits per heavy atom. The van der Waals surface area contributed by atoms with Crippen molar-refractivity contribution in [2.45, 2.75) is 6.61 Å². The van der Waals surface area contributed by atoms with Gasteiger partial charge in [0, 0.05) is 12.7 Å². The zero-order valence-corrected chi connectivity index (χ0v) is 9.41. The lowest BCUT2D eigenvalue weighted by Crippen LogP contribution is -1.93. The lowest BCUT2D eigenvalue weighted by Gasteiger charge is -2.05. The highest BCUT2D eigenvalue weighted by atomic mass is 19.1. The smallest absolute Gasteiger partial charge is 0.129 e. The molecule has 0 aliphatic carbocycles. The quantitative estimate of drug-likeness (QED) is 0.785. The second kappa shape index (κ2) is 5.06. The Morgan fingerprint density at radius 2 is 1.59 bits per heavy atom. The lowest BCUT2D eigenvalue weighted by molar-refractivity contribution is 0.181. The fraction of sp³-hybridized carbons (Fsp3) is 0.143. The summed E-state index contributed by atoms with van der Waals surface area (Å²) in [6.45, 7) is 0.246. The van der Waals surface area contributed by atoms with Crippen LogP contribution in [0.5, 0.6) is 0 Å². The van der Waals surface area contributed by atoms with Gasteiger partial charge >= 0.3 is 0 Å². The third-order valence-electron chi connectivity index (χ3n) is 2.53. The van der Waals surface area contributed by atoms with Crippen molar-refractivity contribution in [3.05, 3.63) is 59.7 Å². The Balaban J connectivity index is 2.34. The SMILES string of the molecule is COCc1ccc(-c2ccc(F)cc2)cc1F. The van der Waals surface area contributed by atoms with Gasteiger partial charge < -0.3 is 4.74 Å². The predicted molar refractivity (Wildman–Crippen MR) is 62.5 cm³/mol. The van der Waals surface area contributed by atoms with Crippen molar-refractivity contribution >= 4 is 0 Å². The van der Waals surface area contributed by atoms with Crippen LogP contribution in [0.2, 0.25) is 0 Å². The molecule has 0 saturated heterocycles. The van der Waals surface area contributed by atoms with E-state index in [1.165, 1.54) is 25.3 Å². The van der Waals surface area contributed by atoms with E-state index in [0.29, 0.717) is 5.56 Å². The summed E-state index contributed by atoms with van der Waals surface area (Å²) in [5.74, 6) is -0.612. The summed E-state index contributed by atoms with van der Waals surface area (Å²) < 4.78 is 31.3. The van der Waals surface area contributed by atoms with Crippen LogP contribution in [0.4, 0.5) is 8.78 Å². The summed E-state index contributed by atoms with van der Waals surface area (Å²) in [7, 11) is 1.52. The van der Waals surface area contributed by atoms with Gasteiger partial charge in [-0.15, -0.1) is 0 Å². The maximum absolute atomic E-state index is 13.6. The number of methoxy groups -OCH3 is 1. The van der Waals surface area contributed by atoms with E-state index in [0.717, 1.165) is 11.1 Å². The van der Waals surface area contributed by atoms with Crippen LogP contribution in [0.25, 0.3) is 11.1 Å². The molecule has 88 valence electrons. The van der Waals surface area contributed by atoms with Crippen LogP contribution in [0.15, 0.2) is 42.5 Å². The standard InChI is InChI=1S/C14H12F2O/c1-17-9-12-3-2-11(8-14(12)16)10-4-6-13(15)7-5-10/h2-8H,9H2,1H3. The Kier molecular flexibility index (Phi) is 3.49. The molecule has 0 bridgehead atoms. The molecule has 0 spiro atoms. The Hall–Kier alpha value is -1.74. The van der Waals surface area contributed by atoms with Gasteiger partial charge in [0.15, 0.2) is 0 Å². The summed E-state index contributed by atoms with van der Waals surface area (Å²) in [5, 5.41) is 0. The van der Waals surface area contributed by atoms with E-state index in [2.05, 4.69) is 0 Å². The molecule has 0 radical (unpaired) electrons. The largest absolute Gasteiger partial charge is 0.380 e.